The van der Waals surface area contributed by atoms with Gasteiger partial charge in [-0.05, 0) is 47.4 Å². The number of aromatic amines is 1. The second kappa shape index (κ2) is 13.7. The first-order chi connectivity index (χ1) is 20.0. The zero-order chi connectivity index (χ0) is 32.1. The van der Waals surface area contributed by atoms with Gasteiger partial charge in [0.25, 0.3) is 11.5 Å². The molecule has 2 heterocycles. The Morgan fingerprint density at radius 2 is 1.58 bits per heavy atom. The molecule has 0 saturated carbocycles. The van der Waals surface area contributed by atoms with Crippen LogP contribution in [-0.2, 0) is 29.9 Å². The summed E-state index contributed by atoms with van der Waals surface area (Å²) in [6, 6.07) is 5.97. The Labute approximate surface area is 252 Å². The first kappa shape index (κ1) is 33.8. The maximum absolute atomic E-state index is 12.9. The molecule has 2 amide bonds. The van der Waals surface area contributed by atoms with Crippen LogP contribution in [-0.4, -0.2) is 52.6 Å². The van der Waals surface area contributed by atoms with Crippen molar-refractivity contribution in [2.45, 2.75) is 110 Å². The van der Waals surface area contributed by atoms with Gasteiger partial charge in [0.2, 0.25) is 5.91 Å². The third kappa shape index (κ3) is 9.13. The smallest absolute Gasteiger partial charge is 0.330 e. The molecule has 1 aliphatic rings. The molecule has 3 N–H and O–H groups in total. The van der Waals surface area contributed by atoms with E-state index < -0.39 is 35.7 Å². The average molecular weight is 599 g/mol. The molecule has 0 aliphatic carbocycles. The number of carbonyl (C=O) groups is 3. The van der Waals surface area contributed by atoms with Crippen molar-refractivity contribution in [2.75, 3.05) is 13.1 Å². The molecule has 11 heteroatoms. The van der Waals surface area contributed by atoms with Gasteiger partial charge in [0, 0.05) is 43.3 Å². The first-order valence-electron chi connectivity index (χ1n) is 14.9. The number of H-pyrrole nitrogens is 1. The minimum Gasteiger partial charge on any atom is -0.459 e. The second-order valence-electron chi connectivity index (χ2n) is 13.2. The molecule has 0 spiro atoms. The quantitative estimate of drug-likeness (QED) is 0.280. The number of rotatable bonds is 10. The Kier molecular flexibility index (Phi) is 10.8. The van der Waals surface area contributed by atoms with Crippen molar-refractivity contribution in [1.29, 1.82) is 0 Å². The highest BCUT2D eigenvalue weighted by Gasteiger charge is 2.38. The number of esters is 1. The standard InChI is InChI=1S/C32H46N4O7/c1-9-23-24(17-26(42-23)36-18-19(2)28(39)35-30(36)41)43-27(38)11-10-25(37)33-12-13-34-29(40)20-14-21(31(3,4)5)16-22(15-20)32(6,7)8/h14-16,18,23-24,26H,9-13,17H2,1-8H3,(H,33,37)(H,34,40)(H,35,39,41). The number of nitrogens with one attached hydrogen (secondary N) is 3. The number of benzene rings is 1. The van der Waals surface area contributed by atoms with E-state index in [1.807, 2.05) is 19.1 Å². The summed E-state index contributed by atoms with van der Waals surface area (Å²) in [6.45, 7) is 16.6. The maximum atomic E-state index is 12.9. The molecule has 1 aromatic carbocycles. The fourth-order valence-electron chi connectivity index (χ4n) is 4.79. The molecule has 1 aliphatic heterocycles. The van der Waals surface area contributed by atoms with Crippen LogP contribution >= 0.6 is 0 Å². The van der Waals surface area contributed by atoms with Crippen molar-refractivity contribution < 1.29 is 23.9 Å². The van der Waals surface area contributed by atoms with Crippen LogP contribution in [0.2, 0.25) is 0 Å². The van der Waals surface area contributed by atoms with Crippen molar-refractivity contribution in [1.82, 2.24) is 20.2 Å². The summed E-state index contributed by atoms with van der Waals surface area (Å²) in [5.41, 5.74) is 1.82. The number of hydrogen-bond donors (Lipinski definition) is 3. The van der Waals surface area contributed by atoms with E-state index in [1.54, 1.807) is 6.92 Å². The third-order valence-electron chi connectivity index (χ3n) is 7.54. The number of aryl methyl sites for hydroxylation is 1. The Morgan fingerprint density at radius 3 is 2.16 bits per heavy atom. The van der Waals surface area contributed by atoms with Gasteiger partial charge in [-0.1, -0.05) is 54.5 Å². The van der Waals surface area contributed by atoms with Gasteiger partial charge in [0.1, 0.15) is 12.3 Å². The minimum atomic E-state index is -0.680. The normalized spacial score (nSPS) is 18.7. The summed E-state index contributed by atoms with van der Waals surface area (Å²) in [5, 5.41) is 5.58. The predicted octanol–water partition coefficient (Wildman–Crippen LogP) is 3.38. The van der Waals surface area contributed by atoms with Crippen molar-refractivity contribution in [3.63, 3.8) is 0 Å². The highest BCUT2D eigenvalue weighted by molar-refractivity contribution is 5.94. The number of ether oxygens (including phenoxy) is 2. The molecule has 3 atom stereocenters. The lowest BCUT2D eigenvalue weighted by Crippen LogP contribution is -2.35. The topological polar surface area (TPSA) is 149 Å². The summed E-state index contributed by atoms with van der Waals surface area (Å²) < 4.78 is 12.8. The number of hydrogen-bond acceptors (Lipinski definition) is 7. The molecule has 11 nitrogen and oxygen atoms in total. The van der Waals surface area contributed by atoms with E-state index in [4.69, 9.17) is 9.47 Å². The van der Waals surface area contributed by atoms with Crippen LogP contribution < -0.4 is 21.9 Å². The van der Waals surface area contributed by atoms with Crippen LogP contribution in [0, 0.1) is 6.92 Å². The Bertz CT molecular complexity index is 1410. The van der Waals surface area contributed by atoms with Gasteiger partial charge in [-0.2, -0.15) is 0 Å². The van der Waals surface area contributed by atoms with Crippen LogP contribution in [0.25, 0.3) is 0 Å². The van der Waals surface area contributed by atoms with Crippen LogP contribution in [0.15, 0.2) is 34.0 Å². The van der Waals surface area contributed by atoms with Crippen LogP contribution in [0.3, 0.4) is 0 Å². The largest absolute Gasteiger partial charge is 0.459 e. The molecule has 3 rings (SSSR count). The third-order valence-corrected chi connectivity index (χ3v) is 7.54. The molecule has 3 unspecified atom stereocenters. The SMILES string of the molecule is CCC1OC(n2cc(C)c(=O)[nH]c2=O)CC1OC(=O)CCC(=O)NCCNC(=O)c1cc(C(C)(C)C)cc(C(C)(C)C)c1. The molecule has 1 aromatic heterocycles. The van der Waals surface area contributed by atoms with Gasteiger partial charge < -0.3 is 20.1 Å². The van der Waals surface area contributed by atoms with Crippen LogP contribution in [0.4, 0.5) is 0 Å². The highest BCUT2D eigenvalue weighted by atomic mass is 16.6. The molecule has 2 aromatic rings. The van der Waals surface area contributed by atoms with E-state index in [9.17, 15) is 24.0 Å². The number of nitrogens with zero attached hydrogens (tertiary/aromatic N) is 1. The number of aromatic nitrogens is 2. The number of carbonyl (C=O) groups excluding carboxylic acids is 3. The van der Waals surface area contributed by atoms with Gasteiger partial charge in [-0.25, -0.2) is 4.79 Å². The molecule has 0 radical (unpaired) electrons. The Hall–Kier alpha value is -3.73. The molecule has 0 bridgehead atoms. The lowest BCUT2D eigenvalue weighted by atomic mass is 9.79. The van der Waals surface area contributed by atoms with Gasteiger partial charge in [0.05, 0.1) is 12.5 Å². The monoisotopic (exact) mass is 598 g/mol. The van der Waals surface area contributed by atoms with E-state index in [-0.39, 0.29) is 55.0 Å². The van der Waals surface area contributed by atoms with E-state index in [1.165, 1.54) is 10.8 Å². The first-order valence-corrected chi connectivity index (χ1v) is 14.9. The maximum Gasteiger partial charge on any atom is 0.330 e. The number of amides is 2. The van der Waals surface area contributed by atoms with Crippen molar-refractivity contribution in [2.24, 2.45) is 0 Å². The minimum absolute atomic E-state index is 0.0677. The highest BCUT2D eigenvalue weighted by Crippen LogP contribution is 2.32. The fourth-order valence-corrected chi connectivity index (χ4v) is 4.79. The second-order valence-corrected chi connectivity index (χ2v) is 13.2. The lowest BCUT2D eigenvalue weighted by molar-refractivity contribution is -0.153. The summed E-state index contributed by atoms with van der Waals surface area (Å²) in [7, 11) is 0. The van der Waals surface area contributed by atoms with Crippen molar-refractivity contribution in [3.05, 3.63) is 67.5 Å². The van der Waals surface area contributed by atoms with Gasteiger partial charge >= 0.3 is 11.7 Å². The Balaban J connectivity index is 1.45. The van der Waals surface area contributed by atoms with Gasteiger partial charge in [0.15, 0.2) is 0 Å². The van der Waals surface area contributed by atoms with E-state index in [0.717, 1.165) is 11.1 Å². The molecular weight excluding hydrogens is 552 g/mol. The summed E-state index contributed by atoms with van der Waals surface area (Å²) in [6.07, 6.45) is 0.351. The van der Waals surface area contributed by atoms with Gasteiger partial charge in [-0.3, -0.25) is 28.7 Å². The van der Waals surface area contributed by atoms with E-state index >= 15 is 0 Å². The van der Waals surface area contributed by atoms with Crippen LogP contribution in [0.1, 0.15) is 107 Å². The molecule has 1 saturated heterocycles. The molecule has 43 heavy (non-hydrogen) atoms. The summed E-state index contributed by atoms with van der Waals surface area (Å²) in [5.74, 6) is -1.09. The zero-order valence-corrected chi connectivity index (χ0v) is 26.6. The average Bonchev–Trinajstić information content (AvgIpc) is 3.32. The van der Waals surface area contributed by atoms with E-state index in [0.29, 0.717) is 17.5 Å². The van der Waals surface area contributed by atoms with Crippen molar-refractivity contribution >= 4 is 17.8 Å². The lowest BCUT2D eigenvalue weighted by Gasteiger charge is -2.26. The fraction of sp³-hybridized carbons (Fsp3) is 0.594. The molecular formula is C32H46N4O7. The summed E-state index contributed by atoms with van der Waals surface area (Å²) in [4.78, 5) is 64.0. The van der Waals surface area contributed by atoms with E-state index in [2.05, 4.69) is 63.2 Å². The zero-order valence-electron chi connectivity index (χ0n) is 26.6. The van der Waals surface area contributed by atoms with Crippen molar-refractivity contribution in [3.8, 4) is 0 Å². The molecule has 236 valence electrons. The Morgan fingerprint density at radius 1 is 0.977 bits per heavy atom. The molecule has 1 fully saturated rings. The predicted molar refractivity (Wildman–Crippen MR) is 163 cm³/mol. The van der Waals surface area contributed by atoms with Crippen LogP contribution in [0.5, 0.6) is 0 Å². The van der Waals surface area contributed by atoms with Gasteiger partial charge in [-0.15, -0.1) is 0 Å². The summed E-state index contributed by atoms with van der Waals surface area (Å²) >= 11 is 0.